The first-order valence-corrected chi connectivity index (χ1v) is 15.5. The van der Waals surface area contributed by atoms with E-state index in [9.17, 15) is 0 Å². The highest BCUT2D eigenvalue weighted by Crippen LogP contribution is 2.53. The summed E-state index contributed by atoms with van der Waals surface area (Å²) in [4.78, 5) is 2.44. The second-order valence-corrected chi connectivity index (χ2v) is 13.4. The van der Waals surface area contributed by atoms with Gasteiger partial charge in [-0.2, -0.15) is 0 Å². The molecule has 0 unspecified atom stereocenters. The van der Waals surface area contributed by atoms with Crippen molar-refractivity contribution >= 4 is 39.0 Å². The topological polar surface area (TPSA) is 16.4 Å². The number of anilines is 3. The first-order chi connectivity index (χ1) is 21.3. The third-order valence-corrected chi connectivity index (χ3v) is 10.3. The number of furan rings is 1. The summed E-state index contributed by atoms with van der Waals surface area (Å²) >= 11 is 0. The molecule has 0 fully saturated rings. The number of hydrogen-bond acceptors (Lipinski definition) is 2. The predicted molar refractivity (Wildman–Crippen MR) is 184 cm³/mol. The van der Waals surface area contributed by atoms with Crippen molar-refractivity contribution in [2.24, 2.45) is 0 Å². The second kappa shape index (κ2) is 8.74. The van der Waals surface area contributed by atoms with Gasteiger partial charge in [-0.1, -0.05) is 113 Å². The summed E-state index contributed by atoms with van der Waals surface area (Å²) < 4.78 is 6.39. The van der Waals surface area contributed by atoms with Crippen LogP contribution < -0.4 is 4.90 Å². The van der Waals surface area contributed by atoms with Crippen molar-refractivity contribution in [2.45, 2.75) is 38.5 Å². The fraction of sp³-hybridized carbons (Fsp3) is 0.143. The van der Waals surface area contributed by atoms with E-state index in [-0.39, 0.29) is 10.8 Å². The Bertz CT molecular complexity index is 2300. The van der Waals surface area contributed by atoms with Crippen molar-refractivity contribution in [3.63, 3.8) is 0 Å². The molecule has 1 aromatic heterocycles. The third-order valence-electron chi connectivity index (χ3n) is 10.3. The van der Waals surface area contributed by atoms with Gasteiger partial charge >= 0.3 is 0 Å². The summed E-state index contributed by atoms with van der Waals surface area (Å²) in [6, 6.07) is 46.6. The molecule has 0 radical (unpaired) electrons. The Hall–Kier alpha value is -5.08. The van der Waals surface area contributed by atoms with Gasteiger partial charge < -0.3 is 9.32 Å². The molecular formula is C42H33NO. The fourth-order valence-corrected chi connectivity index (χ4v) is 8.05. The Morgan fingerprint density at radius 1 is 0.455 bits per heavy atom. The zero-order valence-electron chi connectivity index (χ0n) is 25.5. The van der Waals surface area contributed by atoms with Gasteiger partial charge in [0.15, 0.2) is 0 Å². The quantitative estimate of drug-likeness (QED) is 0.211. The van der Waals surface area contributed by atoms with Crippen LogP contribution in [0.3, 0.4) is 0 Å². The van der Waals surface area contributed by atoms with Crippen LogP contribution in [0.2, 0.25) is 0 Å². The zero-order valence-corrected chi connectivity index (χ0v) is 25.5. The van der Waals surface area contributed by atoms with E-state index >= 15 is 0 Å². The van der Waals surface area contributed by atoms with E-state index in [0.29, 0.717) is 0 Å². The molecule has 0 spiro atoms. The Labute approximate surface area is 258 Å². The highest BCUT2D eigenvalue weighted by Gasteiger charge is 2.37. The van der Waals surface area contributed by atoms with Crippen molar-refractivity contribution in [3.05, 3.63) is 150 Å². The van der Waals surface area contributed by atoms with Crippen LogP contribution in [0, 0.1) is 0 Å². The lowest BCUT2D eigenvalue weighted by Crippen LogP contribution is -2.17. The molecule has 9 rings (SSSR count). The van der Waals surface area contributed by atoms with Gasteiger partial charge in [0.2, 0.25) is 0 Å². The molecule has 2 nitrogen and oxygen atoms in total. The molecule has 0 saturated carbocycles. The molecular weight excluding hydrogens is 534 g/mol. The van der Waals surface area contributed by atoms with E-state index in [1.807, 2.05) is 6.07 Å². The molecule has 0 saturated heterocycles. The van der Waals surface area contributed by atoms with Crippen LogP contribution in [0.4, 0.5) is 17.1 Å². The van der Waals surface area contributed by atoms with Crippen molar-refractivity contribution in [1.82, 2.24) is 0 Å². The number of nitrogens with zero attached hydrogens (tertiary/aromatic N) is 1. The zero-order chi connectivity index (χ0) is 29.8. The number of fused-ring (bicyclic) bond motifs is 9. The summed E-state index contributed by atoms with van der Waals surface area (Å²) in [5, 5.41) is 2.26. The Morgan fingerprint density at radius 3 is 1.82 bits per heavy atom. The monoisotopic (exact) mass is 567 g/mol. The molecule has 7 aromatic rings. The van der Waals surface area contributed by atoms with Crippen molar-refractivity contribution in [2.75, 3.05) is 4.90 Å². The Balaban J connectivity index is 1.32. The molecule has 2 aliphatic rings. The average molecular weight is 568 g/mol. The third kappa shape index (κ3) is 3.31. The normalized spacial score (nSPS) is 15.2. The summed E-state index contributed by atoms with van der Waals surface area (Å²) in [6.07, 6.45) is 0. The SMILES string of the molecule is CC1(C)c2ccccc2-c2cc(N(c3ccc4c(c3)C(C)(C)c3ccccc3-4)c3cccc4oc5ccccc5c34)ccc21. The number of para-hydroxylation sites is 1. The molecule has 0 N–H and O–H groups in total. The van der Waals surface area contributed by atoms with Crippen molar-refractivity contribution < 1.29 is 4.42 Å². The van der Waals surface area contributed by atoms with E-state index < -0.39 is 0 Å². The minimum atomic E-state index is -0.0944. The number of hydrogen-bond donors (Lipinski definition) is 0. The van der Waals surface area contributed by atoms with E-state index in [4.69, 9.17) is 4.42 Å². The molecule has 0 bridgehead atoms. The van der Waals surface area contributed by atoms with E-state index in [1.165, 1.54) is 44.5 Å². The van der Waals surface area contributed by atoms with Gasteiger partial charge in [0, 0.05) is 27.6 Å². The van der Waals surface area contributed by atoms with E-state index in [0.717, 1.165) is 39.0 Å². The molecule has 0 atom stereocenters. The van der Waals surface area contributed by atoms with Crippen LogP contribution in [-0.2, 0) is 10.8 Å². The second-order valence-electron chi connectivity index (χ2n) is 13.4. The standard InChI is InChI=1S/C42H33NO/c1-41(2)34-16-9-6-13-29(34)32-24-26(21-23-35(32)41)43(37-17-11-19-39-40(37)31-14-7-10-18-38(31)44-39)27-20-22-30-28-12-5-8-15-33(28)42(3,4)36(30)25-27/h5-25H,1-4H3. The van der Waals surface area contributed by atoms with E-state index in [2.05, 4.69) is 154 Å². The molecule has 212 valence electrons. The Kier molecular flexibility index (Phi) is 5.05. The van der Waals surface area contributed by atoms with Gasteiger partial charge in [-0.3, -0.25) is 0 Å². The van der Waals surface area contributed by atoms with Gasteiger partial charge in [-0.05, 0) is 87.0 Å². The van der Waals surface area contributed by atoms with Gasteiger partial charge in [-0.25, -0.2) is 0 Å². The minimum absolute atomic E-state index is 0.0422. The van der Waals surface area contributed by atoms with Gasteiger partial charge in [0.05, 0.1) is 11.1 Å². The van der Waals surface area contributed by atoms with Crippen LogP contribution in [0.15, 0.2) is 132 Å². The highest BCUT2D eigenvalue weighted by molar-refractivity contribution is 6.13. The molecule has 44 heavy (non-hydrogen) atoms. The maximum Gasteiger partial charge on any atom is 0.137 e. The molecule has 6 aromatic carbocycles. The van der Waals surface area contributed by atoms with Crippen molar-refractivity contribution in [1.29, 1.82) is 0 Å². The maximum atomic E-state index is 6.39. The van der Waals surface area contributed by atoms with Gasteiger partial charge in [-0.15, -0.1) is 0 Å². The summed E-state index contributed by atoms with van der Waals surface area (Å²) in [6.45, 7) is 9.39. The first-order valence-electron chi connectivity index (χ1n) is 15.5. The first kappa shape index (κ1) is 25.4. The maximum absolute atomic E-state index is 6.39. The minimum Gasteiger partial charge on any atom is -0.456 e. The van der Waals surface area contributed by atoms with Crippen LogP contribution in [0.1, 0.15) is 49.9 Å². The molecule has 0 amide bonds. The molecule has 1 heterocycles. The Morgan fingerprint density at radius 2 is 1.02 bits per heavy atom. The van der Waals surface area contributed by atoms with E-state index in [1.54, 1.807) is 0 Å². The number of benzene rings is 6. The van der Waals surface area contributed by atoms with Crippen LogP contribution in [-0.4, -0.2) is 0 Å². The lowest BCUT2D eigenvalue weighted by Gasteiger charge is -2.29. The smallest absolute Gasteiger partial charge is 0.137 e. The number of rotatable bonds is 3. The summed E-state index contributed by atoms with van der Waals surface area (Å²) in [5.41, 5.74) is 15.9. The van der Waals surface area contributed by atoms with Crippen molar-refractivity contribution in [3.8, 4) is 22.3 Å². The van der Waals surface area contributed by atoms with Crippen LogP contribution in [0.5, 0.6) is 0 Å². The lowest BCUT2D eigenvalue weighted by molar-refractivity contribution is 0.660. The summed E-state index contributed by atoms with van der Waals surface area (Å²) in [7, 11) is 0. The van der Waals surface area contributed by atoms with Crippen LogP contribution in [0.25, 0.3) is 44.2 Å². The molecule has 2 aliphatic carbocycles. The van der Waals surface area contributed by atoms with Crippen LogP contribution >= 0.6 is 0 Å². The highest BCUT2D eigenvalue weighted by atomic mass is 16.3. The average Bonchev–Trinajstić information content (AvgIpc) is 3.62. The largest absolute Gasteiger partial charge is 0.456 e. The van der Waals surface area contributed by atoms with Gasteiger partial charge in [0.1, 0.15) is 11.2 Å². The predicted octanol–water partition coefficient (Wildman–Crippen LogP) is 11.7. The fourth-order valence-electron chi connectivity index (χ4n) is 8.05. The molecule has 2 heteroatoms. The molecule has 0 aliphatic heterocycles. The summed E-state index contributed by atoms with van der Waals surface area (Å²) in [5.74, 6) is 0. The van der Waals surface area contributed by atoms with Gasteiger partial charge in [0.25, 0.3) is 0 Å². The lowest BCUT2D eigenvalue weighted by atomic mass is 9.82.